The van der Waals surface area contributed by atoms with Gasteiger partial charge in [0.25, 0.3) is 0 Å². The predicted octanol–water partition coefficient (Wildman–Crippen LogP) is 1.63. The van der Waals surface area contributed by atoms with Crippen molar-refractivity contribution in [2.75, 3.05) is 14.2 Å². The average molecular weight is 228 g/mol. The van der Waals surface area contributed by atoms with Gasteiger partial charge in [-0.2, -0.15) is 0 Å². The number of hydrogen-bond donors (Lipinski definition) is 0. The van der Waals surface area contributed by atoms with E-state index in [1.165, 1.54) is 14.2 Å². The summed E-state index contributed by atoms with van der Waals surface area (Å²) in [6, 6.07) is 0. The van der Waals surface area contributed by atoms with E-state index in [0.717, 1.165) is 12.8 Å². The highest BCUT2D eigenvalue weighted by atomic mass is 16.5. The molecular weight excluding hydrogens is 208 g/mol. The predicted molar refractivity (Wildman–Crippen MR) is 58.6 cm³/mol. The fourth-order valence-electron chi connectivity index (χ4n) is 2.70. The zero-order chi connectivity index (χ0) is 12.3. The molecule has 1 aliphatic rings. The molecule has 0 spiro atoms. The van der Waals surface area contributed by atoms with Gasteiger partial charge in [-0.3, -0.25) is 9.59 Å². The summed E-state index contributed by atoms with van der Waals surface area (Å²) < 4.78 is 9.54. The van der Waals surface area contributed by atoms with Gasteiger partial charge in [-0.25, -0.2) is 0 Å². The van der Waals surface area contributed by atoms with Crippen LogP contribution in [0.15, 0.2) is 0 Å². The van der Waals surface area contributed by atoms with Crippen LogP contribution in [-0.4, -0.2) is 26.2 Å². The van der Waals surface area contributed by atoms with Crippen molar-refractivity contribution in [1.29, 1.82) is 0 Å². The van der Waals surface area contributed by atoms with Crippen molar-refractivity contribution >= 4 is 11.9 Å². The van der Waals surface area contributed by atoms with Crippen LogP contribution in [0.4, 0.5) is 0 Å². The molecule has 1 rings (SSSR count). The molecule has 4 heteroatoms. The standard InChI is InChI=1S/C12H20O4/c1-7-5-6-9(8(2)11(13)15-3)10(7)12(14)16-4/h7-10H,5-6H2,1-4H3/t7?,8-,9?,10?/m0/s1. The van der Waals surface area contributed by atoms with Crippen LogP contribution in [-0.2, 0) is 19.1 Å². The molecule has 0 saturated heterocycles. The first-order valence-electron chi connectivity index (χ1n) is 5.68. The molecule has 1 fully saturated rings. The van der Waals surface area contributed by atoms with Crippen molar-refractivity contribution < 1.29 is 19.1 Å². The quantitative estimate of drug-likeness (QED) is 0.689. The summed E-state index contributed by atoms with van der Waals surface area (Å²) in [5.74, 6) is -0.517. The van der Waals surface area contributed by atoms with Crippen LogP contribution in [0.2, 0.25) is 0 Å². The third-order valence-electron chi connectivity index (χ3n) is 3.72. The SMILES string of the molecule is COC(=O)C1C(C)CCC1[C@H](C)C(=O)OC. The van der Waals surface area contributed by atoms with Crippen LogP contribution >= 0.6 is 0 Å². The maximum absolute atomic E-state index is 11.7. The molecule has 0 aromatic carbocycles. The fraction of sp³-hybridized carbons (Fsp3) is 0.833. The van der Waals surface area contributed by atoms with Gasteiger partial charge in [0.1, 0.15) is 0 Å². The highest BCUT2D eigenvalue weighted by Crippen LogP contribution is 2.42. The van der Waals surface area contributed by atoms with Gasteiger partial charge < -0.3 is 9.47 Å². The molecular formula is C12H20O4. The summed E-state index contributed by atoms with van der Waals surface area (Å²) in [6.45, 7) is 3.86. The Bertz CT molecular complexity index is 274. The first-order chi connectivity index (χ1) is 7.52. The summed E-state index contributed by atoms with van der Waals surface area (Å²) in [5.41, 5.74) is 0. The molecule has 0 radical (unpaired) electrons. The van der Waals surface area contributed by atoms with Gasteiger partial charge in [0.2, 0.25) is 0 Å². The van der Waals surface area contributed by atoms with Crippen LogP contribution in [0.25, 0.3) is 0 Å². The number of ether oxygens (including phenoxy) is 2. The Morgan fingerprint density at radius 1 is 1.19 bits per heavy atom. The lowest BCUT2D eigenvalue weighted by molar-refractivity contribution is -0.152. The third kappa shape index (κ3) is 2.36. The summed E-state index contributed by atoms with van der Waals surface area (Å²) in [4.78, 5) is 23.2. The Hall–Kier alpha value is -1.06. The lowest BCUT2D eigenvalue weighted by Gasteiger charge is -2.24. The Balaban J connectivity index is 2.79. The third-order valence-corrected chi connectivity index (χ3v) is 3.72. The normalized spacial score (nSPS) is 30.9. The summed E-state index contributed by atoms with van der Waals surface area (Å²) in [5, 5.41) is 0. The van der Waals surface area contributed by atoms with Gasteiger partial charge in [-0.1, -0.05) is 13.8 Å². The highest BCUT2D eigenvalue weighted by molar-refractivity contribution is 5.77. The molecule has 4 nitrogen and oxygen atoms in total. The van der Waals surface area contributed by atoms with Gasteiger partial charge >= 0.3 is 11.9 Å². The second-order valence-corrected chi connectivity index (χ2v) is 4.58. The lowest BCUT2D eigenvalue weighted by atomic mass is 9.82. The molecule has 0 aromatic heterocycles. The zero-order valence-corrected chi connectivity index (χ0v) is 10.4. The van der Waals surface area contributed by atoms with E-state index in [2.05, 4.69) is 0 Å². The minimum atomic E-state index is -0.243. The molecule has 0 amide bonds. The van der Waals surface area contributed by atoms with E-state index in [1.807, 2.05) is 13.8 Å². The average Bonchev–Trinajstić information content (AvgIpc) is 2.68. The zero-order valence-electron chi connectivity index (χ0n) is 10.4. The second kappa shape index (κ2) is 5.32. The molecule has 0 heterocycles. The van der Waals surface area contributed by atoms with E-state index in [9.17, 15) is 9.59 Å². The highest BCUT2D eigenvalue weighted by Gasteiger charge is 2.44. The summed E-state index contributed by atoms with van der Waals surface area (Å²) in [6.07, 6.45) is 1.85. The van der Waals surface area contributed by atoms with Crippen molar-refractivity contribution in [2.45, 2.75) is 26.7 Å². The van der Waals surface area contributed by atoms with E-state index in [1.54, 1.807) is 0 Å². The minimum absolute atomic E-state index is 0.0508. The van der Waals surface area contributed by atoms with E-state index < -0.39 is 0 Å². The molecule has 0 aliphatic heterocycles. The van der Waals surface area contributed by atoms with E-state index in [-0.39, 0.29) is 35.6 Å². The molecule has 0 aromatic rings. The Kier molecular flexibility index (Phi) is 4.33. The molecule has 4 atom stereocenters. The van der Waals surface area contributed by atoms with E-state index >= 15 is 0 Å². The van der Waals surface area contributed by atoms with Gasteiger partial charge in [-0.05, 0) is 24.7 Å². The molecule has 3 unspecified atom stereocenters. The smallest absolute Gasteiger partial charge is 0.309 e. The first-order valence-corrected chi connectivity index (χ1v) is 5.68. The van der Waals surface area contributed by atoms with Crippen molar-refractivity contribution in [1.82, 2.24) is 0 Å². The topological polar surface area (TPSA) is 52.6 Å². The summed E-state index contributed by atoms with van der Waals surface area (Å²) in [7, 11) is 2.78. The number of carbonyl (C=O) groups is 2. The van der Waals surface area contributed by atoms with Crippen molar-refractivity contribution in [3.05, 3.63) is 0 Å². The largest absolute Gasteiger partial charge is 0.469 e. The number of hydrogen-bond acceptors (Lipinski definition) is 4. The summed E-state index contributed by atoms with van der Waals surface area (Å²) >= 11 is 0. The number of rotatable bonds is 3. The lowest BCUT2D eigenvalue weighted by Crippen LogP contribution is -2.32. The molecule has 1 saturated carbocycles. The Morgan fingerprint density at radius 2 is 1.81 bits per heavy atom. The monoisotopic (exact) mass is 228 g/mol. The maximum atomic E-state index is 11.7. The molecule has 1 aliphatic carbocycles. The Labute approximate surface area is 96.3 Å². The molecule has 0 bridgehead atoms. The molecule has 92 valence electrons. The van der Waals surface area contributed by atoms with Crippen molar-refractivity contribution in [2.24, 2.45) is 23.7 Å². The second-order valence-electron chi connectivity index (χ2n) is 4.58. The van der Waals surface area contributed by atoms with Crippen LogP contribution < -0.4 is 0 Å². The molecule has 16 heavy (non-hydrogen) atoms. The van der Waals surface area contributed by atoms with Crippen LogP contribution in [0, 0.1) is 23.7 Å². The van der Waals surface area contributed by atoms with Crippen molar-refractivity contribution in [3.8, 4) is 0 Å². The van der Waals surface area contributed by atoms with Gasteiger partial charge in [0, 0.05) is 0 Å². The van der Waals surface area contributed by atoms with Crippen LogP contribution in [0.1, 0.15) is 26.7 Å². The van der Waals surface area contributed by atoms with E-state index in [0.29, 0.717) is 0 Å². The van der Waals surface area contributed by atoms with Crippen molar-refractivity contribution in [3.63, 3.8) is 0 Å². The number of carbonyl (C=O) groups excluding carboxylic acids is 2. The number of methoxy groups -OCH3 is 2. The minimum Gasteiger partial charge on any atom is -0.469 e. The fourth-order valence-corrected chi connectivity index (χ4v) is 2.70. The molecule has 0 N–H and O–H groups in total. The van der Waals surface area contributed by atoms with Gasteiger partial charge in [0.15, 0.2) is 0 Å². The van der Waals surface area contributed by atoms with Gasteiger partial charge in [-0.15, -0.1) is 0 Å². The Morgan fingerprint density at radius 3 is 2.31 bits per heavy atom. The van der Waals surface area contributed by atoms with Gasteiger partial charge in [0.05, 0.1) is 26.1 Å². The van der Waals surface area contributed by atoms with Crippen LogP contribution in [0.3, 0.4) is 0 Å². The van der Waals surface area contributed by atoms with E-state index in [4.69, 9.17) is 9.47 Å². The maximum Gasteiger partial charge on any atom is 0.309 e. The van der Waals surface area contributed by atoms with Crippen LogP contribution in [0.5, 0.6) is 0 Å². The number of esters is 2. The first kappa shape index (κ1) is 13.0.